The summed E-state index contributed by atoms with van der Waals surface area (Å²) in [6.45, 7) is 0. The molecule has 7 nitrogen and oxygen atoms in total. The third kappa shape index (κ3) is 5.47. The number of amides is 2. The number of urea groups is 1. The smallest absolute Gasteiger partial charge is 0.319 e. The Balaban J connectivity index is 1.31. The first-order chi connectivity index (χ1) is 15.0. The van der Waals surface area contributed by atoms with Crippen LogP contribution in [0.4, 0.5) is 22.2 Å². The molecule has 3 N–H and O–H groups in total. The highest BCUT2D eigenvalue weighted by molar-refractivity contribution is 9.10. The van der Waals surface area contributed by atoms with E-state index >= 15 is 0 Å². The number of hydrogen-bond donors (Lipinski definition) is 3. The summed E-state index contributed by atoms with van der Waals surface area (Å²) in [6.07, 6.45) is 8.37. The Morgan fingerprint density at radius 2 is 1.74 bits per heavy atom. The van der Waals surface area contributed by atoms with Crippen molar-refractivity contribution in [3.05, 3.63) is 40.0 Å². The van der Waals surface area contributed by atoms with Crippen molar-refractivity contribution in [2.24, 2.45) is 0 Å². The summed E-state index contributed by atoms with van der Waals surface area (Å²) in [4.78, 5) is 24.1. The highest BCUT2D eigenvalue weighted by Crippen LogP contribution is 2.29. The molecule has 31 heavy (non-hydrogen) atoms. The standard InChI is InChI=1S/C23H31BrN6O/c1-30(2)21-17-7-3-5-9-19(17)27-22(29-21)25-15-11-13-16(14-12-15)26-23(31)28-20-10-6-4-8-18(20)24/h4,6,8,10,15-16H,3,5,7,9,11-14H2,1-2H3,(H,25,27,29)(H2,26,28,31). The van der Waals surface area contributed by atoms with Crippen LogP contribution in [0, 0.1) is 0 Å². The molecular formula is C23H31BrN6O. The van der Waals surface area contributed by atoms with E-state index < -0.39 is 0 Å². The van der Waals surface area contributed by atoms with E-state index in [0.717, 1.165) is 60.5 Å². The minimum atomic E-state index is -0.156. The summed E-state index contributed by atoms with van der Waals surface area (Å²) < 4.78 is 0.875. The van der Waals surface area contributed by atoms with Crippen LogP contribution in [0.2, 0.25) is 0 Å². The monoisotopic (exact) mass is 486 g/mol. The number of carbonyl (C=O) groups excluding carboxylic acids is 1. The number of aromatic nitrogens is 2. The van der Waals surface area contributed by atoms with Crippen molar-refractivity contribution in [1.29, 1.82) is 0 Å². The molecule has 0 unspecified atom stereocenters. The predicted octanol–water partition coefficient (Wildman–Crippen LogP) is 4.73. The van der Waals surface area contributed by atoms with Crippen molar-refractivity contribution in [3.63, 3.8) is 0 Å². The normalized spacial score (nSPS) is 20.5. The van der Waals surface area contributed by atoms with Crippen LogP contribution in [-0.2, 0) is 12.8 Å². The first-order valence-electron chi connectivity index (χ1n) is 11.2. The number of para-hydroxylation sites is 1. The number of hydrogen-bond acceptors (Lipinski definition) is 5. The molecule has 0 spiro atoms. The van der Waals surface area contributed by atoms with E-state index in [-0.39, 0.29) is 12.1 Å². The number of nitrogens with one attached hydrogen (secondary N) is 3. The van der Waals surface area contributed by atoms with Crippen LogP contribution in [0.15, 0.2) is 28.7 Å². The number of aryl methyl sites for hydroxylation is 1. The molecule has 0 atom stereocenters. The first kappa shape index (κ1) is 21.9. The Bertz CT molecular complexity index is 926. The van der Waals surface area contributed by atoms with Gasteiger partial charge in [-0.2, -0.15) is 4.98 Å². The molecule has 2 aromatic rings. The van der Waals surface area contributed by atoms with E-state index in [1.54, 1.807) is 0 Å². The Hall–Kier alpha value is -2.35. The van der Waals surface area contributed by atoms with Gasteiger partial charge in [0.15, 0.2) is 0 Å². The van der Waals surface area contributed by atoms with Crippen molar-refractivity contribution in [3.8, 4) is 0 Å². The molecule has 0 bridgehead atoms. The van der Waals surface area contributed by atoms with Crippen LogP contribution in [-0.4, -0.2) is 42.2 Å². The summed E-state index contributed by atoms with van der Waals surface area (Å²) in [5.41, 5.74) is 3.29. The van der Waals surface area contributed by atoms with E-state index in [1.165, 1.54) is 24.1 Å². The number of benzene rings is 1. The van der Waals surface area contributed by atoms with Gasteiger partial charge < -0.3 is 20.9 Å². The van der Waals surface area contributed by atoms with Gasteiger partial charge >= 0.3 is 6.03 Å². The zero-order valence-corrected chi connectivity index (χ0v) is 19.8. The average molecular weight is 487 g/mol. The van der Waals surface area contributed by atoms with E-state index in [4.69, 9.17) is 9.97 Å². The molecule has 0 aliphatic heterocycles. The maximum atomic E-state index is 12.4. The Labute approximate surface area is 192 Å². The lowest BCUT2D eigenvalue weighted by atomic mass is 9.91. The van der Waals surface area contributed by atoms with Crippen molar-refractivity contribution in [2.45, 2.75) is 63.5 Å². The molecule has 1 fully saturated rings. The second-order valence-corrected chi connectivity index (χ2v) is 9.52. The van der Waals surface area contributed by atoms with E-state index in [2.05, 4.69) is 50.9 Å². The molecule has 1 aromatic heterocycles. The lowest BCUT2D eigenvalue weighted by Gasteiger charge is -2.30. The number of nitrogens with zero attached hydrogens (tertiary/aromatic N) is 3. The summed E-state index contributed by atoms with van der Waals surface area (Å²) in [5.74, 6) is 1.79. The molecule has 0 saturated heterocycles. The second-order valence-electron chi connectivity index (χ2n) is 8.67. The first-order valence-corrected chi connectivity index (χ1v) is 11.9. The van der Waals surface area contributed by atoms with Crippen LogP contribution in [0.1, 0.15) is 49.8 Å². The fourth-order valence-corrected chi connectivity index (χ4v) is 4.86. The lowest BCUT2D eigenvalue weighted by Crippen LogP contribution is -2.42. The Morgan fingerprint density at radius 1 is 1.03 bits per heavy atom. The van der Waals surface area contributed by atoms with Gasteiger partial charge in [-0.05, 0) is 79.4 Å². The van der Waals surface area contributed by atoms with Crippen LogP contribution in [0.25, 0.3) is 0 Å². The number of fused-ring (bicyclic) bond motifs is 1. The maximum Gasteiger partial charge on any atom is 0.319 e. The van der Waals surface area contributed by atoms with Gasteiger partial charge in [-0.3, -0.25) is 0 Å². The zero-order chi connectivity index (χ0) is 21.8. The SMILES string of the molecule is CN(C)c1nc(NC2CCC(NC(=O)Nc3ccccc3Br)CC2)nc2c1CCCC2. The van der Waals surface area contributed by atoms with Crippen LogP contribution in [0.3, 0.4) is 0 Å². The summed E-state index contributed by atoms with van der Waals surface area (Å²) in [7, 11) is 4.10. The van der Waals surface area contributed by atoms with Crippen LogP contribution in [0.5, 0.6) is 0 Å². The average Bonchev–Trinajstić information content (AvgIpc) is 2.76. The summed E-state index contributed by atoms with van der Waals surface area (Å²) in [6, 6.07) is 7.99. The van der Waals surface area contributed by atoms with E-state index in [9.17, 15) is 4.79 Å². The number of carbonyl (C=O) groups is 1. The minimum absolute atomic E-state index is 0.156. The second kappa shape index (κ2) is 9.85. The highest BCUT2D eigenvalue weighted by atomic mass is 79.9. The minimum Gasteiger partial charge on any atom is -0.362 e. The third-order valence-electron chi connectivity index (χ3n) is 6.10. The lowest BCUT2D eigenvalue weighted by molar-refractivity contribution is 0.243. The van der Waals surface area contributed by atoms with Crippen molar-refractivity contribution >= 4 is 39.4 Å². The van der Waals surface area contributed by atoms with Crippen LogP contribution >= 0.6 is 15.9 Å². The maximum absolute atomic E-state index is 12.4. The van der Waals surface area contributed by atoms with Gasteiger partial charge in [0, 0.05) is 36.2 Å². The number of halogens is 1. The van der Waals surface area contributed by atoms with Crippen LogP contribution < -0.4 is 20.9 Å². The van der Waals surface area contributed by atoms with E-state index in [1.807, 2.05) is 24.3 Å². The van der Waals surface area contributed by atoms with Gasteiger partial charge in [-0.1, -0.05) is 12.1 Å². The molecule has 1 aromatic carbocycles. The Kier molecular flexibility index (Phi) is 6.95. The molecule has 1 heterocycles. The van der Waals surface area contributed by atoms with Crippen molar-refractivity contribution in [1.82, 2.24) is 15.3 Å². The topological polar surface area (TPSA) is 82.2 Å². The molecule has 0 radical (unpaired) electrons. The fraction of sp³-hybridized carbons (Fsp3) is 0.522. The molecule has 4 rings (SSSR count). The molecule has 166 valence electrons. The van der Waals surface area contributed by atoms with Gasteiger partial charge in [-0.25, -0.2) is 9.78 Å². The van der Waals surface area contributed by atoms with Gasteiger partial charge in [0.1, 0.15) is 5.82 Å². The molecule has 8 heteroatoms. The molecule has 2 aliphatic rings. The largest absolute Gasteiger partial charge is 0.362 e. The third-order valence-corrected chi connectivity index (χ3v) is 6.79. The van der Waals surface area contributed by atoms with Crippen molar-refractivity contribution in [2.75, 3.05) is 29.6 Å². The number of anilines is 3. The summed E-state index contributed by atoms with van der Waals surface area (Å²) in [5, 5.41) is 9.59. The predicted molar refractivity (Wildman–Crippen MR) is 129 cm³/mol. The quantitative estimate of drug-likeness (QED) is 0.568. The molecule has 2 aliphatic carbocycles. The molecule has 1 saturated carbocycles. The van der Waals surface area contributed by atoms with Gasteiger partial charge in [0.05, 0.1) is 11.4 Å². The fourth-order valence-electron chi connectivity index (χ4n) is 4.48. The van der Waals surface area contributed by atoms with Gasteiger partial charge in [0.25, 0.3) is 0 Å². The van der Waals surface area contributed by atoms with Gasteiger partial charge in [-0.15, -0.1) is 0 Å². The number of rotatable bonds is 5. The zero-order valence-electron chi connectivity index (χ0n) is 18.2. The molecular weight excluding hydrogens is 456 g/mol. The Morgan fingerprint density at radius 3 is 2.48 bits per heavy atom. The van der Waals surface area contributed by atoms with E-state index in [0.29, 0.717) is 6.04 Å². The summed E-state index contributed by atoms with van der Waals surface area (Å²) >= 11 is 3.46. The van der Waals surface area contributed by atoms with Gasteiger partial charge in [0.2, 0.25) is 5.95 Å². The van der Waals surface area contributed by atoms with Crippen molar-refractivity contribution < 1.29 is 4.79 Å². The highest BCUT2D eigenvalue weighted by Gasteiger charge is 2.25. The molecule has 2 amide bonds.